The average molecular weight is 196 g/mol. The lowest BCUT2D eigenvalue weighted by Gasteiger charge is -2.01. The lowest BCUT2D eigenvalue weighted by Crippen LogP contribution is -2.00. The number of halogens is 1. The maximum atomic E-state index is 11.1. The zero-order valence-electron chi connectivity index (χ0n) is 6.87. The molecule has 0 N–H and O–H groups in total. The normalized spacial score (nSPS) is 9.00. The van der Waals surface area contributed by atoms with Crippen molar-refractivity contribution in [3.63, 3.8) is 0 Å². The van der Waals surface area contributed by atoms with Crippen LogP contribution in [0.15, 0.2) is 18.2 Å². The Bertz CT molecular complexity index is 382. The molecule has 0 aromatic heterocycles. The highest BCUT2D eigenvalue weighted by Gasteiger charge is 2.11. The van der Waals surface area contributed by atoms with Crippen LogP contribution in [0.25, 0.3) is 4.85 Å². The third-order valence-electron chi connectivity index (χ3n) is 1.49. The maximum absolute atomic E-state index is 11.1. The van der Waals surface area contributed by atoms with Gasteiger partial charge in [-0.1, -0.05) is 17.7 Å². The summed E-state index contributed by atoms with van der Waals surface area (Å²) >= 11 is 5.65. The van der Waals surface area contributed by atoms with Crippen molar-refractivity contribution in [1.82, 2.24) is 0 Å². The Morgan fingerprint density at radius 2 is 2.31 bits per heavy atom. The number of benzene rings is 1. The van der Waals surface area contributed by atoms with Crippen LogP contribution in [0.5, 0.6) is 0 Å². The predicted molar refractivity (Wildman–Crippen MR) is 49.1 cm³/mol. The topological polar surface area (TPSA) is 30.7 Å². The van der Waals surface area contributed by atoms with Crippen molar-refractivity contribution >= 4 is 23.3 Å². The van der Waals surface area contributed by atoms with Gasteiger partial charge in [0.25, 0.3) is 0 Å². The summed E-state index contributed by atoms with van der Waals surface area (Å²) in [6.07, 6.45) is 0. The Balaban J connectivity index is 3.23. The van der Waals surface area contributed by atoms with Crippen molar-refractivity contribution in [3.05, 3.63) is 40.2 Å². The Kier molecular flexibility index (Phi) is 2.88. The number of rotatable bonds is 1. The fourth-order valence-electron chi connectivity index (χ4n) is 0.880. The van der Waals surface area contributed by atoms with Gasteiger partial charge in [0.05, 0.1) is 19.2 Å². The van der Waals surface area contributed by atoms with E-state index in [0.717, 1.165) is 0 Å². The monoisotopic (exact) mass is 195 g/mol. The van der Waals surface area contributed by atoms with Crippen LogP contribution in [0.4, 0.5) is 5.69 Å². The van der Waals surface area contributed by atoms with Crippen molar-refractivity contribution in [1.29, 1.82) is 0 Å². The number of ether oxygens (including phenoxy) is 1. The lowest BCUT2D eigenvalue weighted by atomic mass is 10.2. The number of methoxy groups -OCH3 is 1. The Morgan fingerprint density at radius 3 is 2.85 bits per heavy atom. The number of hydrogen-bond donors (Lipinski definition) is 0. The van der Waals surface area contributed by atoms with Crippen LogP contribution in [0.1, 0.15) is 10.4 Å². The van der Waals surface area contributed by atoms with Crippen LogP contribution >= 0.6 is 11.6 Å². The van der Waals surface area contributed by atoms with Gasteiger partial charge in [0.2, 0.25) is 5.69 Å². The molecule has 3 nitrogen and oxygen atoms in total. The summed E-state index contributed by atoms with van der Waals surface area (Å²) in [5, 5.41) is 0.429. The molecule has 0 aliphatic rings. The molecule has 0 radical (unpaired) electrons. The van der Waals surface area contributed by atoms with E-state index in [0.29, 0.717) is 5.02 Å². The van der Waals surface area contributed by atoms with E-state index in [1.165, 1.54) is 19.2 Å². The van der Waals surface area contributed by atoms with Gasteiger partial charge in [-0.25, -0.2) is 9.64 Å². The first-order chi connectivity index (χ1) is 6.19. The van der Waals surface area contributed by atoms with Gasteiger partial charge < -0.3 is 4.74 Å². The van der Waals surface area contributed by atoms with Crippen molar-refractivity contribution in [2.24, 2.45) is 0 Å². The number of hydrogen-bond acceptors (Lipinski definition) is 2. The predicted octanol–water partition coefficient (Wildman–Crippen LogP) is 2.68. The molecule has 0 bridgehead atoms. The highest BCUT2D eigenvalue weighted by molar-refractivity contribution is 6.31. The molecular weight excluding hydrogens is 190 g/mol. The summed E-state index contributed by atoms with van der Waals surface area (Å²) in [5.74, 6) is -0.525. The molecule has 0 saturated carbocycles. The van der Waals surface area contributed by atoms with Crippen molar-refractivity contribution in [2.75, 3.05) is 7.11 Å². The molecule has 0 heterocycles. The van der Waals surface area contributed by atoms with Crippen molar-refractivity contribution < 1.29 is 9.53 Å². The first-order valence-corrected chi connectivity index (χ1v) is 3.82. The molecule has 0 amide bonds. The zero-order chi connectivity index (χ0) is 9.84. The average Bonchev–Trinajstić information content (AvgIpc) is 2.16. The van der Waals surface area contributed by atoms with Crippen LogP contribution in [0, 0.1) is 6.57 Å². The van der Waals surface area contributed by atoms with Gasteiger partial charge in [-0.05, 0) is 12.1 Å². The minimum atomic E-state index is -0.525. The van der Waals surface area contributed by atoms with Crippen LogP contribution in [-0.4, -0.2) is 13.1 Å². The largest absolute Gasteiger partial charge is 0.466 e. The fourth-order valence-corrected chi connectivity index (χ4v) is 1.05. The SMILES string of the molecule is [C-]#[N+]c1cc(Cl)ccc1C(=O)OC. The first-order valence-electron chi connectivity index (χ1n) is 3.44. The van der Waals surface area contributed by atoms with Gasteiger partial charge in [0, 0.05) is 5.02 Å². The highest BCUT2D eigenvalue weighted by Crippen LogP contribution is 2.24. The summed E-state index contributed by atoms with van der Waals surface area (Å²) in [7, 11) is 1.27. The molecule has 0 spiro atoms. The summed E-state index contributed by atoms with van der Waals surface area (Å²) in [5.41, 5.74) is 0.446. The summed E-state index contributed by atoms with van der Waals surface area (Å²) in [6, 6.07) is 4.45. The van der Waals surface area contributed by atoms with Gasteiger partial charge in [0.15, 0.2) is 0 Å². The van der Waals surface area contributed by atoms with Gasteiger partial charge in [0.1, 0.15) is 0 Å². The van der Waals surface area contributed by atoms with E-state index < -0.39 is 5.97 Å². The molecule has 1 aromatic rings. The second kappa shape index (κ2) is 3.92. The van der Waals surface area contributed by atoms with E-state index in [1.54, 1.807) is 6.07 Å². The number of carbonyl (C=O) groups is 1. The second-order valence-corrected chi connectivity index (χ2v) is 2.70. The Morgan fingerprint density at radius 1 is 1.62 bits per heavy atom. The van der Waals surface area contributed by atoms with E-state index >= 15 is 0 Å². The number of esters is 1. The Hall–Kier alpha value is -1.53. The molecule has 0 aliphatic heterocycles. The summed E-state index contributed by atoms with van der Waals surface area (Å²) in [4.78, 5) is 14.3. The van der Waals surface area contributed by atoms with Crippen LogP contribution in [-0.2, 0) is 4.74 Å². The van der Waals surface area contributed by atoms with Crippen LogP contribution < -0.4 is 0 Å². The quantitative estimate of drug-likeness (QED) is 0.510. The molecule has 1 aromatic carbocycles. The van der Waals surface area contributed by atoms with Crippen molar-refractivity contribution in [2.45, 2.75) is 0 Å². The number of nitrogens with zero attached hydrogens (tertiary/aromatic N) is 1. The summed E-state index contributed by atoms with van der Waals surface area (Å²) < 4.78 is 4.49. The van der Waals surface area contributed by atoms with E-state index in [1.807, 2.05) is 0 Å². The molecule has 0 fully saturated rings. The van der Waals surface area contributed by atoms with Gasteiger partial charge in [-0.2, -0.15) is 0 Å². The molecule has 13 heavy (non-hydrogen) atoms. The third-order valence-corrected chi connectivity index (χ3v) is 1.72. The molecule has 0 saturated heterocycles. The molecule has 0 atom stereocenters. The maximum Gasteiger partial charge on any atom is 0.327 e. The zero-order valence-corrected chi connectivity index (χ0v) is 7.63. The van der Waals surface area contributed by atoms with Gasteiger partial charge in [-0.15, -0.1) is 0 Å². The van der Waals surface area contributed by atoms with Crippen LogP contribution in [0.2, 0.25) is 5.02 Å². The van der Waals surface area contributed by atoms with Crippen LogP contribution in [0.3, 0.4) is 0 Å². The molecule has 1 rings (SSSR count). The minimum Gasteiger partial charge on any atom is -0.466 e. The van der Waals surface area contributed by atoms with E-state index in [4.69, 9.17) is 18.2 Å². The van der Waals surface area contributed by atoms with E-state index in [2.05, 4.69) is 9.58 Å². The highest BCUT2D eigenvalue weighted by atomic mass is 35.5. The smallest absolute Gasteiger partial charge is 0.327 e. The minimum absolute atomic E-state index is 0.208. The standard InChI is InChI=1S/C9H6ClNO2/c1-11-8-5-6(10)3-4-7(8)9(12)13-2/h3-5H,2H3. The molecule has 4 heteroatoms. The summed E-state index contributed by atoms with van der Waals surface area (Å²) in [6.45, 7) is 6.81. The molecule has 0 unspecified atom stereocenters. The van der Waals surface area contributed by atoms with Gasteiger partial charge >= 0.3 is 5.97 Å². The molecule has 0 aliphatic carbocycles. The lowest BCUT2D eigenvalue weighted by molar-refractivity contribution is 0.0602. The molecule has 66 valence electrons. The first kappa shape index (κ1) is 9.56. The van der Waals surface area contributed by atoms with Crippen molar-refractivity contribution in [3.8, 4) is 0 Å². The number of carbonyl (C=O) groups excluding carboxylic acids is 1. The fraction of sp³-hybridized carbons (Fsp3) is 0.111. The third kappa shape index (κ3) is 1.98. The molecular formula is C9H6ClNO2. The second-order valence-electron chi connectivity index (χ2n) is 2.26. The Labute approximate surface area is 80.7 Å². The van der Waals surface area contributed by atoms with Gasteiger partial charge in [-0.3, -0.25) is 0 Å². The van der Waals surface area contributed by atoms with E-state index in [-0.39, 0.29) is 11.3 Å². The van der Waals surface area contributed by atoms with E-state index in [9.17, 15) is 4.79 Å².